The maximum Gasteiger partial charge on any atom is 0.0475 e. The third-order valence-electron chi connectivity index (χ3n) is 2.25. The van der Waals surface area contributed by atoms with Crippen LogP contribution in [0, 0.1) is 0 Å². The Morgan fingerprint density at radius 1 is 1.31 bits per heavy atom. The topological polar surface area (TPSA) is 3.24 Å². The van der Waals surface area contributed by atoms with Crippen LogP contribution >= 0.6 is 0 Å². The number of rotatable bonds is 1. The van der Waals surface area contributed by atoms with Gasteiger partial charge in [0.25, 0.3) is 0 Å². The second kappa shape index (κ2) is 3.75. The van der Waals surface area contributed by atoms with Crippen LogP contribution in [0.25, 0.3) is 5.57 Å². The second-order valence-electron chi connectivity index (χ2n) is 3.26. The molecule has 0 fully saturated rings. The molecule has 0 aromatic heterocycles. The Hall–Kier alpha value is -1.08. The van der Waals surface area contributed by atoms with Crippen molar-refractivity contribution in [3.63, 3.8) is 0 Å². The first-order chi connectivity index (χ1) is 7.18. The van der Waals surface area contributed by atoms with Gasteiger partial charge in [0.15, 0.2) is 0 Å². The monoisotopic (exact) mass is 175 g/mol. The van der Waals surface area contributed by atoms with E-state index >= 15 is 0 Å². The summed E-state index contributed by atoms with van der Waals surface area (Å²) in [5, 5.41) is 0. The quantitative estimate of drug-likeness (QED) is 0.633. The van der Waals surface area contributed by atoms with Crippen LogP contribution in [0.5, 0.6) is 0 Å². The van der Waals surface area contributed by atoms with Crippen LogP contribution in [-0.2, 0) is 0 Å². The van der Waals surface area contributed by atoms with Gasteiger partial charge in [-0.05, 0) is 24.6 Å². The van der Waals surface area contributed by atoms with Crippen molar-refractivity contribution in [2.75, 3.05) is 20.1 Å². The molecule has 0 saturated carbocycles. The summed E-state index contributed by atoms with van der Waals surface area (Å²) in [5.41, 5.74) is 2.26. The minimum Gasteiger partial charge on any atom is -0.302 e. The van der Waals surface area contributed by atoms with Crippen molar-refractivity contribution in [1.82, 2.24) is 4.90 Å². The van der Waals surface area contributed by atoms with Gasteiger partial charge in [-0.3, -0.25) is 0 Å². The zero-order valence-corrected chi connectivity index (χ0v) is 7.77. The molecule has 0 amide bonds. The fraction of sp³-hybridized carbons (Fsp3) is 0.333. The van der Waals surface area contributed by atoms with E-state index in [1.807, 2.05) is 43.5 Å². The summed E-state index contributed by atoms with van der Waals surface area (Å²) in [4.78, 5) is 1.76. The lowest BCUT2D eigenvalue weighted by Crippen LogP contribution is -2.23. The minimum atomic E-state index is -0.392. The number of benzene rings is 1. The van der Waals surface area contributed by atoms with E-state index in [4.69, 9.17) is 2.74 Å². The highest BCUT2D eigenvalue weighted by molar-refractivity contribution is 5.66. The molecule has 1 aromatic rings. The molecule has 0 aliphatic carbocycles. The Morgan fingerprint density at radius 2 is 2.08 bits per heavy atom. The van der Waals surface area contributed by atoms with Crippen molar-refractivity contribution in [3.8, 4) is 0 Å². The molecule has 0 saturated heterocycles. The van der Waals surface area contributed by atoms with E-state index in [-0.39, 0.29) is 6.52 Å². The number of hydrogen-bond donors (Lipinski definition) is 0. The summed E-state index contributed by atoms with van der Waals surface area (Å²) in [5.74, 6) is 0. The molecule has 1 heterocycles. The van der Waals surface area contributed by atoms with Crippen LogP contribution in [0.3, 0.4) is 0 Å². The van der Waals surface area contributed by atoms with Gasteiger partial charge in [0, 0.05) is 15.8 Å². The standard InChI is InChI=1S/C12H15N/c1-13-9-7-12(8-10-13)11-5-3-2-4-6-11/h2-7H,8-10H2,1H3/i9D,10D. The molecule has 1 heteroatoms. The predicted molar refractivity (Wildman–Crippen MR) is 56.5 cm³/mol. The van der Waals surface area contributed by atoms with E-state index < -0.39 is 6.52 Å². The van der Waals surface area contributed by atoms with Gasteiger partial charge in [-0.2, -0.15) is 0 Å². The molecule has 1 aliphatic heterocycles. The summed E-state index contributed by atoms with van der Waals surface area (Å²) < 4.78 is 15.7. The smallest absolute Gasteiger partial charge is 0.0475 e. The first kappa shape index (κ1) is 6.39. The molecule has 1 nitrogen and oxygen atoms in total. The highest BCUT2D eigenvalue weighted by Crippen LogP contribution is 2.20. The van der Waals surface area contributed by atoms with Crippen molar-refractivity contribution < 1.29 is 2.74 Å². The second-order valence-corrected chi connectivity index (χ2v) is 3.26. The van der Waals surface area contributed by atoms with Crippen LogP contribution in [0.4, 0.5) is 0 Å². The Morgan fingerprint density at radius 3 is 2.77 bits per heavy atom. The van der Waals surface area contributed by atoms with E-state index in [1.165, 1.54) is 0 Å². The van der Waals surface area contributed by atoms with Crippen LogP contribution in [0.15, 0.2) is 36.4 Å². The first-order valence-electron chi connectivity index (χ1n) is 5.66. The predicted octanol–water partition coefficient (Wildman–Crippen LogP) is 2.41. The molecule has 1 aliphatic rings. The molecule has 1 aromatic carbocycles. The zero-order chi connectivity index (χ0) is 10.8. The van der Waals surface area contributed by atoms with Crippen LogP contribution < -0.4 is 0 Å². The maximum atomic E-state index is 7.85. The molecule has 68 valence electrons. The van der Waals surface area contributed by atoms with E-state index in [9.17, 15) is 0 Å². The molecule has 0 spiro atoms. The molecular formula is C12H15N. The van der Waals surface area contributed by atoms with Crippen molar-refractivity contribution >= 4 is 5.57 Å². The van der Waals surface area contributed by atoms with Crippen molar-refractivity contribution in [2.24, 2.45) is 0 Å². The first-order valence-corrected chi connectivity index (χ1v) is 4.51. The molecule has 2 rings (SSSR count). The van der Waals surface area contributed by atoms with Gasteiger partial charge >= 0.3 is 0 Å². The number of nitrogens with zero attached hydrogens (tertiary/aromatic N) is 1. The molecule has 0 radical (unpaired) electrons. The molecule has 13 heavy (non-hydrogen) atoms. The maximum absolute atomic E-state index is 7.85. The molecular weight excluding hydrogens is 158 g/mol. The Labute approximate surface area is 82.5 Å². The fourth-order valence-electron chi connectivity index (χ4n) is 1.45. The molecule has 2 atom stereocenters. The lowest BCUT2D eigenvalue weighted by Gasteiger charge is -2.21. The largest absolute Gasteiger partial charge is 0.302 e. The van der Waals surface area contributed by atoms with Crippen LogP contribution in [0.1, 0.15) is 14.7 Å². The lowest BCUT2D eigenvalue weighted by atomic mass is 10.00. The number of likely N-dealkylation sites (N-methyl/N-ethyl adjacent to an activating group) is 1. The van der Waals surface area contributed by atoms with Crippen molar-refractivity contribution in [1.29, 1.82) is 0 Å². The third-order valence-corrected chi connectivity index (χ3v) is 2.25. The molecule has 0 bridgehead atoms. The lowest BCUT2D eigenvalue weighted by molar-refractivity contribution is 0.370. The summed E-state index contributed by atoms with van der Waals surface area (Å²) in [6.45, 7) is -0.691. The fourth-order valence-corrected chi connectivity index (χ4v) is 1.45. The zero-order valence-electron chi connectivity index (χ0n) is 9.77. The van der Waals surface area contributed by atoms with Gasteiger partial charge < -0.3 is 4.90 Å². The average Bonchev–Trinajstić information content (AvgIpc) is 2.26. The van der Waals surface area contributed by atoms with E-state index in [1.54, 1.807) is 4.90 Å². The summed E-state index contributed by atoms with van der Waals surface area (Å²) in [6.07, 6.45) is 2.64. The Balaban J connectivity index is 2.28. The van der Waals surface area contributed by atoms with E-state index in [0.717, 1.165) is 11.1 Å². The van der Waals surface area contributed by atoms with Gasteiger partial charge in [0.2, 0.25) is 0 Å². The molecule has 0 N–H and O–H groups in total. The van der Waals surface area contributed by atoms with Gasteiger partial charge in [-0.1, -0.05) is 36.4 Å². The normalized spacial score (nSPS) is 31.9. The number of hydrogen-bond acceptors (Lipinski definition) is 1. The van der Waals surface area contributed by atoms with Crippen molar-refractivity contribution in [2.45, 2.75) is 6.42 Å². The third kappa shape index (κ3) is 1.99. The van der Waals surface area contributed by atoms with E-state index in [2.05, 4.69) is 0 Å². The minimum absolute atomic E-state index is 0.298. The van der Waals surface area contributed by atoms with Gasteiger partial charge in [0.05, 0.1) is 0 Å². The summed E-state index contributed by atoms with van der Waals surface area (Å²) in [7, 11) is 1.83. The van der Waals surface area contributed by atoms with Crippen molar-refractivity contribution in [3.05, 3.63) is 42.0 Å². The van der Waals surface area contributed by atoms with Gasteiger partial charge in [0.1, 0.15) is 0 Å². The van der Waals surface area contributed by atoms with Crippen LogP contribution in [-0.4, -0.2) is 25.0 Å². The highest BCUT2D eigenvalue weighted by atomic mass is 15.1. The van der Waals surface area contributed by atoms with Crippen LogP contribution in [0.2, 0.25) is 0 Å². The van der Waals surface area contributed by atoms with Gasteiger partial charge in [-0.15, -0.1) is 0 Å². The Kier molecular flexibility index (Phi) is 1.84. The molecule has 2 unspecified atom stereocenters. The van der Waals surface area contributed by atoms with Gasteiger partial charge in [-0.25, -0.2) is 0 Å². The summed E-state index contributed by atoms with van der Waals surface area (Å²) in [6, 6.07) is 10.0. The SMILES string of the molecule is [2H]C1C=C(c2ccccc2)CC([2H])N1C. The Bertz CT molecular complexity index is 361. The van der Waals surface area contributed by atoms with E-state index in [0.29, 0.717) is 6.42 Å². The summed E-state index contributed by atoms with van der Waals surface area (Å²) >= 11 is 0. The average molecular weight is 175 g/mol. The highest BCUT2D eigenvalue weighted by Gasteiger charge is 2.08.